The topological polar surface area (TPSA) is 54.3 Å². The fraction of sp³-hybridized carbons (Fsp3) is 0.115. The average Bonchev–Trinajstić information content (AvgIpc) is 3.33. The van der Waals surface area contributed by atoms with Crippen LogP contribution in [0.5, 0.6) is 0 Å². The van der Waals surface area contributed by atoms with Crippen molar-refractivity contribution >= 4 is 11.6 Å². The number of anilines is 1. The van der Waals surface area contributed by atoms with Gasteiger partial charge in [-0.25, -0.2) is 0 Å². The maximum absolute atomic E-state index is 13.0. The largest absolute Gasteiger partial charge is 0.467 e. The van der Waals surface area contributed by atoms with Gasteiger partial charge in [0.2, 0.25) is 5.91 Å². The lowest BCUT2D eigenvalue weighted by atomic mass is 10.0. The summed E-state index contributed by atoms with van der Waals surface area (Å²) in [6, 6.07) is 31.0. The second-order valence-corrected chi connectivity index (χ2v) is 7.15. The highest BCUT2D eigenvalue weighted by atomic mass is 16.3. The summed E-state index contributed by atoms with van der Waals surface area (Å²) in [5.74, 6) is 0.663. The predicted octanol–water partition coefficient (Wildman–Crippen LogP) is 5.65. The number of carbonyl (C=O) groups is 1. The van der Waals surface area contributed by atoms with Gasteiger partial charge in [0.25, 0.3) is 0 Å². The molecule has 1 heterocycles. The maximum Gasteiger partial charge on any atom is 0.241 e. The number of rotatable bonds is 7. The van der Waals surface area contributed by atoms with Gasteiger partial charge in [-0.15, -0.1) is 0 Å². The molecule has 1 amide bonds. The Bertz CT molecular complexity index is 1080. The van der Waals surface area contributed by atoms with E-state index in [1.165, 1.54) is 0 Å². The van der Waals surface area contributed by atoms with Crippen LogP contribution in [0.2, 0.25) is 0 Å². The number of nitrogens with one attached hydrogen (secondary N) is 2. The molecule has 2 N–H and O–H groups in total. The van der Waals surface area contributed by atoms with Crippen molar-refractivity contribution in [2.75, 3.05) is 5.32 Å². The summed E-state index contributed by atoms with van der Waals surface area (Å²) in [4.78, 5) is 13.0. The zero-order chi connectivity index (χ0) is 20.8. The van der Waals surface area contributed by atoms with Crippen molar-refractivity contribution in [1.29, 1.82) is 0 Å². The minimum absolute atomic E-state index is 0.106. The molecule has 4 nitrogen and oxygen atoms in total. The van der Waals surface area contributed by atoms with Crippen molar-refractivity contribution in [1.82, 2.24) is 5.32 Å². The molecule has 0 saturated carbocycles. The highest BCUT2D eigenvalue weighted by molar-refractivity contribution is 5.98. The maximum atomic E-state index is 13.0. The quantitative estimate of drug-likeness (QED) is 0.424. The van der Waals surface area contributed by atoms with E-state index in [0.29, 0.717) is 0 Å². The molecule has 3 aromatic carbocycles. The van der Waals surface area contributed by atoms with Crippen LogP contribution >= 0.6 is 0 Å². The van der Waals surface area contributed by atoms with E-state index in [1.807, 2.05) is 104 Å². The number of benzene rings is 3. The Morgan fingerprint density at radius 3 is 2.17 bits per heavy atom. The molecule has 0 aliphatic heterocycles. The van der Waals surface area contributed by atoms with Gasteiger partial charge in [0.15, 0.2) is 0 Å². The molecule has 4 heteroatoms. The molecule has 30 heavy (non-hydrogen) atoms. The molecule has 0 bridgehead atoms. The second-order valence-electron chi connectivity index (χ2n) is 7.15. The summed E-state index contributed by atoms with van der Waals surface area (Å²) in [7, 11) is 0. The highest BCUT2D eigenvalue weighted by Crippen LogP contribution is 2.28. The number of furan rings is 1. The summed E-state index contributed by atoms with van der Waals surface area (Å²) < 4.78 is 5.63. The van der Waals surface area contributed by atoms with Crippen LogP contribution in [0.3, 0.4) is 0 Å². The van der Waals surface area contributed by atoms with E-state index < -0.39 is 6.04 Å². The third-order valence-electron chi connectivity index (χ3n) is 5.04. The van der Waals surface area contributed by atoms with Crippen molar-refractivity contribution in [3.8, 4) is 11.1 Å². The van der Waals surface area contributed by atoms with Crippen LogP contribution in [0.1, 0.15) is 24.3 Å². The van der Waals surface area contributed by atoms with Gasteiger partial charge in [-0.05, 0) is 36.2 Å². The van der Waals surface area contributed by atoms with E-state index in [4.69, 9.17) is 4.42 Å². The number of carbonyl (C=O) groups excluding carboxylic acids is 1. The Morgan fingerprint density at radius 2 is 1.47 bits per heavy atom. The number of para-hydroxylation sites is 1. The summed E-state index contributed by atoms with van der Waals surface area (Å²) >= 11 is 0. The lowest BCUT2D eigenvalue weighted by molar-refractivity contribution is -0.117. The number of hydrogen-bond donors (Lipinski definition) is 2. The fourth-order valence-corrected chi connectivity index (χ4v) is 3.47. The van der Waals surface area contributed by atoms with Crippen LogP contribution in [0.4, 0.5) is 5.69 Å². The smallest absolute Gasteiger partial charge is 0.241 e. The van der Waals surface area contributed by atoms with Gasteiger partial charge in [0, 0.05) is 11.3 Å². The zero-order valence-corrected chi connectivity index (χ0v) is 16.8. The summed E-state index contributed by atoms with van der Waals surface area (Å²) in [6.07, 6.45) is 1.65. The molecule has 0 aliphatic carbocycles. The minimum Gasteiger partial charge on any atom is -0.467 e. The lowest BCUT2D eigenvalue weighted by Gasteiger charge is -2.22. The molecule has 0 unspecified atom stereocenters. The van der Waals surface area contributed by atoms with Gasteiger partial charge >= 0.3 is 0 Å². The molecule has 0 fully saturated rings. The Labute approximate surface area is 176 Å². The van der Waals surface area contributed by atoms with Gasteiger partial charge < -0.3 is 9.73 Å². The first-order chi connectivity index (χ1) is 14.7. The molecule has 0 radical (unpaired) electrons. The van der Waals surface area contributed by atoms with E-state index >= 15 is 0 Å². The molecular formula is C26H24N2O2. The first kappa shape index (κ1) is 19.7. The SMILES string of the molecule is C[C@H](N[C@H](c1ccccc1)c1ccco1)C(=O)Nc1ccccc1-c1ccccc1. The third kappa shape index (κ3) is 4.50. The molecule has 2 atom stereocenters. The van der Waals surface area contributed by atoms with Crippen molar-refractivity contribution in [3.63, 3.8) is 0 Å². The fourth-order valence-electron chi connectivity index (χ4n) is 3.47. The first-order valence-corrected chi connectivity index (χ1v) is 10.0. The Balaban J connectivity index is 1.53. The van der Waals surface area contributed by atoms with Gasteiger partial charge in [-0.2, -0.15) is 0 Å². The number of amides is 1. The van der Waals surface area contributed by atoms with Crippen LogP contribution in [-0.4, -0.2) is 11.9 Å². The van der Waals surface area contributed by atoms with Crippen LogP contribution in [0.25, 0.3) is 11.1 Å². The van der Waals surface area contributed by atoms with Crippen LogP contribution in [0, 0.1) is 0 Å². The minimum atomic E-state index is -0.441. The van der Waals surface area contributed by atoms with Gasteiger partial charge in [0.05, 0.1) is 18.3 Å². The van der Waals surface area contributed by atoms with Crippen molar-refractivity contribution < 1.29 is 9.21 Å². The van der Waals surface area contributed by atoms with E-state index in [0.717, 1.165) is 28.1 Å². The molecule has 4 rings (SSSR count). The summed E-state index contributed by atoms with van der Waals surface area (Å²) in [5.41, 5.74) is 3.88. The van der Waals surface area contributed by atoms with Gasteiger partial charge in [0.1, 0.15) is 5.76 Å². The molecule has 0 saturated heterocycles. The molecule has 4 aromatic rings. The van der Waals surface area contributed by atoms with Crippen LogP contribution in [0.15, 0.2) is 108 Å². The summed E-state index contributed by atoms with van der Waals surface area (Å²) in [6.45, 7) is 1.86. The first-order valence-electron chi connectivity index (χ1n) is 10.0. The standard InChI is InChI=1S/C26H24N2O2/c1-19(27-25(24-17-10-18-30-24)21-13-6-3-7-14-21)26(29)28-23-16-9-8-15-22(23)20-11-4-2-5-12-20/h2-19,25,27H,1H3,(H,28,29)/t19-,25+/m0/s1. The summed E-state index contributed by atoms with van der Waals surface area (Å²) in [5, 5.41) is 6.49. The zero-order valence-electron chi connectivity index (χ0n) is 16.8. The molecule has 0 spiro atoms. The third-order valence-corrected chi connectivity index (χ3v) is 5.04. The van der Waals surface area contributed by atoms with Gasteiger partial charge in [-0.3, -0.25) is 10.1 Å². The highest BCUT2D eigenvalue weighted by Gasteiger charge is 2.23. The number of hydrogen-bond acceptors (Lipinski definition) is 3. The van der Waals surface area contributed by atoms with Crippen molar-refractivity contribution in [2.45, 2.75) is 19.0 Å². The van der Waals surface area contributed by atoms with Crippen molar-refractivity contribution in [2.24, 2.45) is 0 Å². The van der Waals surface area contributed by atoms with Crippen LogP contribution < -0.4 is 10.6 Å². The van der Waals surface area contributed by atoms with E-state index in [1.54, 1.807) is 6.26 Å². The molecule has 0 aliphatic rings. The van der Waals surface area contributed by atoms with Crippen molar-refractivity contribution in [3.05, 3.63) is 115 Å². The Morgan fingerprint density at radius 1 is 0.800 bits per heavy atom. The van der Waals surface area contributed by atoms with Gasteiger partial charge in [-0.1, -0.05) is 78.9 Å². The lowest BCUT2D eigenvalue weighted by Crippen LogP contribution is -2.40. The second kappa shape index (κ2) is 9.25. The monoisotopic (exact) mass is 396 g/mol. The van der Waals surface area contributed by atoms with E-state index in [2.05, 4.69) is 10.6 Å². The predicted molar refractivity (Wildman–Crippen MR) is 120 cm³/mol. The van der Waals surface area contributed by atoms with Crippen LogP contribution in [-0.2, 0) is 4.79 Å². The Kier molecular flexibility index (Phi) is 6.06. The molecule has 150 valence electrons. The molecular weight excluding hydrogens is 372 g/mol. The Hall–Kier alpha value is -3.63. The van der Waals surface area contributed by atoms with E-state index in [9.17, 15) is 4.79 Å². The normalized spacial score (nSPS) is 12.8. The van der Waals surface area contributed by atoms with E-state index in [-0.39, 0.29) is 11.9 Å². The molecule has 1 aromatic heterocycles. The average molecular weight is 396 g/mol.